The molecule has 0 unspecified atom stereocenters. The topological polar surface area (TPSA) is 78.8 Å². The predicted molar refractivity (Wildman–Crippen MR) is 52.4 cm³/mol. The number of fused-ring (bicyclic) bond motifs is 1. The first kappa shape index (κ1) is 9.95. The van der Waals surface area contributed by atoms with Gasteiger partial charge in [-0.15, -0.1) is 0 Å². The molecule has 1 aliphatic heterocycles. The number of hydrogen-bond donors (Lipinski definition) is 3. The van der Waals surface area contributed by atoms with Gasteiger partial charge in [0.15, 0.2) is 0 Å². The highest BCUT2D eigenvalue weighted by Gasteiger charge is 2.36. The lowest BCUT2D eigenvalue weighted by Crippen LogP contribution is -2.36. The predicted octanol–water partition coefficient (Wildman–Crippen LogP) is 0.175. The average Bonchev–Trinajstić information content (AvgIpc) is 2.15. The summed E-state index contributed by atoms with van der Waals surface area (Å²) in [6, 6.07) is 4.68. The van der Waals surface area contributed by atoms with Crippen molar-refractivity contribution in [1.82, 2.24) is 0 Å². The van der Waals surface area contributed by atoms with Gasteiger partial charge in [-0.3, -0.25) is 4.79 Å². The molecule has 0 radical (unpaired) electrons. The fraction of sp³-hybridized carbons (Fsp3) is 0.300. The number of anilines is 1. The van der Waals surface area contributed by atoms with E-state index in [1.165, 1.54) is 13.2 Å². The third-order valence-electron chi connectivity index (χ3n) is 2.34. The zero-order valence-electron chi connectivity index (χ0n) is 8.15. The first-order valence-electron chi connectivity index (χ1n) is 4.46. The second-order valence-corrected chi connectivity index (χ2v) is 3.45. The number of ether oxygens (including phenoxy) is 1. The number of carbonyl (C=O) groups is 1. The molecule has 2 rings (SSSR count). The van der Waals surface area contributed by atoms with Crippen LogP contribution in [0.2, 0.25) is 0 Å². The summed E-state index contributed by atoms with van der Waals surface area (Å²) in [6.45, 7) is 0. The Bertz CT molecular complexity index is 414. The molecule has 1 aliphatic rings. The average molecular weight is 209 g/mol. The van der Waals surface area contributed by atoms with Crippen molar-refractivity contribution in [3.8, 4) is 5.75 Å². The van der Waals surface area contributed by atoms with Gasteiger partial charge in [-0.1, -0.05) is 0 Å². The zero-order valence-corrected chi connectivity index (χ0v) is 8.15. The number of hydrogen-bond acceptors (Lipinski definition) is 4. The molecule has 1 aromatic rings. The van der Waals surface area contributed by atoms with E-state index in [1.54, 1.807) is 12.1 Å². The lowest BCUT2D eigenvalue weighted by molar-refractivity contribution is -0.179. The van der Waals surface area contributed by atoms with E-state index in [2.05, 4.69) is 5.32 Å². The molecule has 0 saturated heterocycles. The van der Waals surface area contributed by atoms with Crippen LogP contribution in [-0.4, -0.2) is 23.2 Å². The van der Waals surface area contributed by atoms with Crippen LogP contribution in [0.5, 0.6) is 5.75 Å². The molecule has 0 fully saturated rings. The molecule has 0 bridgehead atoms. The van der Waals surface area contributed by atoms with Gasteiger partial charge < -0.3 is 20.3 Å². The van der Waals surface area contributed by atoms with E-state index in [-0.39, 0.29) is 12.0 Å². The Hall–Kier alpha value is -1.59. The number of aliphatic hydroxyl groups is 2. The highest BCUT2D eigenvalue weighted by Crippen LogP contribution is 2.35. The normalized spacial score (nSPS) is 17.9. The second kappa shape index (κ2) is 3.22. The van der Waals surface area contributed by atoms with Gasteiger partial charge in [0.1, 0.15) is 5.75 Å². The first-order chi connectivity index (χ1) is 7.03. The quantitative estimate of drug-likeness (QED) is 0.576. The molecule has 0 aliphatic carbocycles. The third-order valence-corrected chi connectivity index (χ3v) is 2.34. The van der Waals surface area contributed by atoms with E-state index in [4.69, 9.17) is 4.74 Å². The molecule has 0 spiro atoms. The van der Waals surface area contributed by atoms with Gasteiger partial charge in [0.2, 0.25) is 11.7 Å². The van der Waals surface area contributed by atoms with Crippen LogP contribution in [-0.2, 0) is 10.6 Å². The second-order valence-electron chi connectivity index (χ2n) is 3.45. The highest BCUT2D eigenvalue weighted by molar-refractivity contribution is 5.95. The molecular formula is C10H11NO4. The number of rotatable bonds is 1. The number of amides is 1. The van der Waals surface area contributed by atoms with Crippen LogP contribution in [0.3, 0.4) is 0 Å². The van der Waals surface area contributed by atoms with Crippen LogP contribution in [0.4, 0.5) is 5.69 Å². The smallest absolute Gasteiger partial charge is 0.230 e. The van der Waals surface area contributed by atoms with Crippen molar-refractivity contribution in [2.75, 3.05) is 12.4 Å². The maximum absolute atomic E-state index is 11.2. The van der Waals surface area contributed by atoms with Crippen molar-refractivity contribution in [2.24, 2.45) is 0 Å². The molecule has 0 atom stereocenters. The number of methoxy groups -OCH3 is 1. The SMILES string of the molecule is COc1ccc2c(c1)NC(=O)CC2(O)O. The standard InChI is InChI=1S/C10H11NO4/c1-15-6-2-3-7-8(4-6)11-9(12)5-10(7,13)14/h2-4,13-14H,5H2,1H3,(H,11,12). The summed E-state index contributed by atoms with van der Waals surface area (Å²) in [5.74, 6) is -1.98. The minimum Gasteiger partial charge on any atom is -0.497 e. The third kappa shape index (κ3) is 1.67. The van der Waals surface area contributed by atoms with Crippen LogP contribution in [0.1, 0.15) is 12.0 Å². The molecule has 0 saturated carbocycles. The summed E-state index contributed by atoms with van der Waals surface area (Å²) in [6.07, 6.45) is -0.355. The zero-order chi connectivity index (χ0) is 11.1. The van der Waals surface area contributed by atoms with Gasteiger partial charge in [-0.05, 0) is 12.1 Å². The summed E-state index contributed by atoms with van der Waals surface area (Å²) in [7, 11) is 1.50. The number of benzene rings is 1. The Morgan fingerprint density at radius 1 is 1.47 bits per heavy atom. The minimum absolute atomic E-state index is 0.280. The minimum atomic E-state index is -2.09. The molecule has 1 amide bonds. The molecule has 1 heterocycles. The summed E-state index contributed by atoms with van der Waals surface area (Å²) in [5, 5.41) is 21.8. The van der Waals surface area contributed by atoms with Crippen LogP contribution in [0, 0.1) is 0 Å². The fourth-order valence-electron chi connectivity index (χ4n) is 1.62. The summed E-state index contributed by atoms with van der Waals surface area (Å²) >= 11 is 0. The Kier molecular flexibility index (Phi) is 2.13. The monoisotopic (exact) mass is 209 g/mol. The van der Waals surface area contributed by atoms with Crippen molar-refractivity contribution in [3.05, 3.63) is 23.8 Å². The van der Waals surface area contributed by atoms with Crippen LogP contribution >= 0.6 is 0 Å². The Labute approximate surface area is 86.3 Å². The van der Waals surface area contributed by atoms with Gasteiger partial charge in [0.25, 0.3) is 0 Å². The van der Waals surface area contributed by atoms with Crippen molar-refractivity contribution in [1.29, 1.82) is 0 Å². The molecule has 5 nitrogen and oxygen atoms in total. The molecule has 0 aromatic heterocycles. The molecule has 1 aromatic carbocycles. The van der Waals surface area contributed by atoms with Crippen LogP contribution in [0.15, 0.2) is 18.2 Å². The molecule has 5 heteroatoms. The largest absolute Gasteiger partial charge is 0.497 e. The van der Waals surface area contributed by atoms with E-state index < -0.39 is 11.7 Å². The van der Waals surface area contributed by atoms with Gasteiger partial charge in [-0.2, -0.15) is 0 Å². The van der Waals surface area contributed by atoms with Gasteiger partial charge in [0, 0.05) is 11.6 Å². The molecular weight excluding hydrogens is 198 g/mol. The van der Waals surface area contributed by atoms with Crippen molar-refractivity contribution in [3.63, 3.8) is 0 Å². The lowest BCUT2D eigenvalue weighted by Gasteiger charge is -2.29. The highest BCUT2D eigenvalue weighted by atomic mass is 16.5. The lowest BCUT2D eigenvalue weighted by atomic mass is 9.96. The Morgan fingerprint density at radius 2 is 2.20 bits per heavy atom. The van der Waals surface area contributed by atoms with Gasteiger partial charge >= 0.3 is 0 Å². The van der Waals surface area contributed by atoms with Gasteiger partial charge in [-0.25, -0.2) is 0 Å². The van der Waals surface area contributed by atoms with Gasteiger partial charge in [0.05, 0.1) is 19.2 Å². The van der Waals surface area contributed by atoms with Crippen LogP contribution < -0.4 is 10.1 Å². The molecule has 3 N–H and O–H groups in total. The Morgan fingerprint density at radius 3 is 2.87 bits per heavy atom. The van der Waals surface area contributed by atoms with Crippen molar-refractivity contribution in [2.45, 2.75) is 12.2 Å². The number of nitrogens with one attached hydrogen (secondary N) is 1. The molecule has 15 heavy (non-hydrogen) atoms. The van der Waals surface area contributed by atoms with E-state index >= 15 is 0 Å². The Balaban J connectivity index is 2.52. The van der Waals surface area contributed by atoms with Crippen LogP contribution in [0.25, 0.3) is 0 Å². The van der Waals surface area contributed by atoms with Crippen molar-refractivity contribution >= 4 is 11.6 Å². The van der Waals surface area contributed by atoms with Crippen molar-refractivity contribution < 1.29 is 19.7 Å². The molecule has 80 valence electrons. The summed E-state index contributed by atoms with van der Waals surface area (Å²) in [5.41, 5.74) is 0.651. The first-order valence-corrected chi connectivity index (χ1v) is 4.46. The number of carbonyl (C=O) groups excluding carboxylic acids is 1. The summed E-state index contributed by atoms with van der Waals surface area (Å²) in [4.78, 5) is 11.2. The summed E-state index contributed by atoms with van der Waals surface area (Å²) < 4.78 is 4.97. The van der Waals surface area contributed by atoms with E-state index in [1.807, 2.05) is 0 Å². The maximum Gasteiger partial charge on any atom is 0.230 e. The van der Waals surface area contributed by atoms with E-state index in [0.717, 1.165) is 0 Å². The fourth-order valence-corrected chi connectivity index (χ4v) is 1.62. The van der Waals surface area contributed by atoms with E-state index in [0.29, 0.717) is 11.4 Å². The van der Waals surface area contributed by atoms with E-state index in [9.17, 15) is 15.0 Å². The maximum atomic E-state index is 11.2.